The van der Waals surface area contributed by atoms with Gasteiger partial charge in [-0.15, -0.1) is 0 Å². The highest BCUT2D eigenvalue weighted by atomic mass is 16.5. The fraction of sp³-hybridized carbons (Fsp3) is 0.692. The number of carbonyl (C=O) groups excluding carboxylic acids is 1. The SMILES string of the molecule is CCC(C)n1ccc(CC(=O)C2(N)CCOC2)n1. The second kappa shape index (κ2) is 5.20. The van der Waals surface area contributed by atoms with Crippen LogP contribution in [0.25, 0.3) is 0 Å². The van der Waals surface area contributed by atoms with Gasteiger partial charge in [0.1, 0.15) is 5.54 Å². The molecule has 2 unspecified atom stereocenters. The summed E-state index contributed by atoms with van der Waals surface area (Å²) < 4.78 is 7.11. The molecule has 2 atom stereocenters. The van der Waals surface area contributed by atoms with E-state index in [2.05, 4.69) is 18.9 Å². The van der Waals surface area contributed by atoms with E-state index in [0.29, 0.717) is 32.1 Å². The second-order valence-corrected chi connectivity index (χ2v) is 5.10. The molecule has 2 N–H and O–H groups in total. The number of ether oxygens (including phenoxy) is 1. The van der Waals surface area contributed by atoms with Crippen molar-refractivity contribution in [2.45, 2.75) is 44.7 Å². The Morgan fingerprint density at radius 1 is 1.72 bits per heavy atom. The van der Waals surface area contributed by atoms with E-state index in [0.717, 1.165) is 12.1 Å². The molecule has 0 aromatic carbocycles. The molecule has 2 heterocycles. The number of carbonyl (C=O) groups is 1. The summed E-state index contributed by atoms with van der Waals surface area (Å²) in [5.41, 5.74) is 6.02. The highest BCUT2D eigenvalue weighted by molar-refractivity contribution is 5.90. The molecule has 0 radical (unpaired) electrons. The fourth-order valence-corrected chi connectivity index (χ4v) is 2.05. The number of nitrogens with two attached hydrogens (primary N) is 1. The molecule has 1 aliphatic rings. The summed E-state index contributed by atoms with van der Waals surface area (Å²) in [6.07, 6.45) is 3.84. The maximum absolute atomic E-state index is 12.1. The molecule has 0 spiro atoms. The fourth-order valence-electron chi connectivity index (χ4n) is 2.05. The van der Waals surface area contributed by atoms with Gasteiger partial charge in [-0.05, 0) is 25.8 Å². The third kappa shape index (κ3) is 2.62. The Morgan fingerprint density at radius 2 is 2.50 bits per heavy atom. The number of aromatic nitrogens is 2. The Morgan fingerprint density at radius 3 is 3.11 bits per heavy atom. The van der Waals surface area contributed by atoms with Gasteiger partial charge in [0.2, 0.25) is 0 Å². The first-order valence-electron chi connectivity index (χ1n) is 6.49. The molecule has 2 rings (SSSR count). The topological polar surface area (TPSA) is 70.1 Å². The molecule has 1 fully saturated rings. The van der Waals surface area contributed by atoms with Crippen molar-refractivity contribution < 1.29 is 9.53 Å². The lowest BCUT2D eigenvalue weighted by atomic mass is 9.91. The smallest absolute Gasteiger partial charge is 0.161 e. The molecule has 0 saturated carbocycles. The van der Waals surface area contributed by atoms with E-state index in [1.54, 1.807) is 0 Å². The summed E-state index contributed by atoms with van der Waals surface area (Å²) in [4.78, 5) is 12.1. The van der Waals surface area contributed by atoms with Gasteiger partial charge in [0.25, 0.3) is 0 Å². The van der Waals surface area contributed by atoms with Crippen LogP contribution in [0.4, 0.5) is 0 Å². The van der Waals surface area contributed by atoms with Crippen LogP contribution in [0.5, 0.6) is 0 Å². The van der Waals surface area contributed by atoms with Crippen LogP contribution in [0.15, 0.2) is 12.3 Å². The quantitative estimate of drug-likeness (QED) is 0.850. The minimum atomic E-state index is -0.805. The lowest BCUT2D eigenvalue weighted by molar-refractivity contribution is -0.123. The predicted octanol–water partition coefficient (Wildman–Crippen LogP) is 1.08. The van der Waals surface area contributed by atoms with Gasteiger partial charge in [0.15, 0.2) is 5.78 Å². The van der Waals surface area contributed by atoms with E-state index in [9.17, 15) is 4.79 Å². The number of nitrogens with zero attached hydrogens (tertiary/aromatic N) is 2. The van der Waals surface area contributed by atoms with E-state index in [1.165, 1.54) is 0 Å². The number of ketones is 1. The van der Waals surface area contributed by atoms with Gasteiger partial charge in [-0.25, -0.2) is 0 Å². The predicted molar refractivity (Wildman–Crippen MR) is 68.3 cm³/mol. The molecule has 5 nitrogen and oxygen atoms in total. The van der Waals surface area contributed by atoms with Crippen LogP contribution in [-0.4, -0.2) is 34.3 Å². The van der Waals surface area contributed by atoms with Gasteiger partial charge in [0, 0.05) is 18.8 Å². The molecule has 0 aliphatic carbocycles. The summed E-state index contributed by atoms with van der Waals surface area (Å²) in [5.74, 6) is 0.0226. The second-order valence-electron chi connectivity index (χ2n) is 5.10. The number of rotatable bonds is 5. The molecular formula is C13H21N3O2. The Balaban J connectivity index is 2.01. The highest BCUT2D eigenvalue weighted by Gasteiger charge is 2.37. The average molecular weight is 251 g/mol. The highest BCUT2D eigenvalue weighted by Crippen LogP contribution is 2.19. The summed E-state index contributed by atoms with van der Waals surface area (Å²) in [7, 11) is 0. The van der Waals surface area contributed by atoms with Crippen molar-refractivity contribution in [3.63, 3.8) is 0 Å². The average Bonchev–Trinajstić information content (AvgIpc) is 2.98. The molecule has 1 saturated heterocycles. The van der Waals surface area contributed by atoms with E-state index < -0.39 is 5.54 Å². The van der Waals surface area contributed by atoms with Crippen molar-refractivity contribution in [3.05, 3.63) is 18.0 Å². The maximum Gasteiger partial charge on any atom is 0.161 e. The lowest BCUT2D eigenvalue weighted by Gasteiger charge is -2.19. The first-order valence-corrected chi connectivity index (χ1v) is 6.49. The monoisotopic (exact) mass is 251 g/mol. The zero-order valence-electron chi connectivity index (χ0n) is 11.1. The third-order valence-corrected chi connectivity index (χ3v) is 3.66. The summed E-state index contributed by atoms with van der Waals surface area (Å²) in [6, 6.07) is 2.25. The zero-order valence-corrected chi connectivity index (χ0v) is 11.1. The van der Waals surface area contributed by atoms with Crippen LogP contribution in [0, 0.1) is 0 Å². The summed E-state index contributed by atoms with van der Waals surface area (Å²) in [6.45, 7) is 5.12. The molecule has 0 amide bonds. The van der Waals surface area contributed by atoms with Crippen molar-refractivity contribution in [2.24, 2.45) is 5.73 Å². The molecule has 100 valence electrons. The number of Topliss-reactive ketones (excluding diaryl/α,β-unsaturated/α-hetero) is 1. The Labute approximate surface area is 107 Å². The zero-order chi connectivity index (χ0) is 13.2. The summed E-state index contributed by atoms with van der Waals surface area (Å²) >= 11 is 0. The van der Waals surface area contributed by atoms with Crippen molar-refractivity contribution in [1.82, 2.24) is 9.78 Å². The van der Waals surface area contributed by atoms with Crippen LogP contribution < -0.4 is 5.73 Å². The van der Waals surface area contributed by atoms with E-state index in [-0.39, 0.29) is 5.78 Å². The van der Waals surface area contributed by atoms with Gasteiger partial charge >= 0.3 is 0 Å². The van der Waals surface area contributed by atoms with E-state index in [1.807, 2.05) is 16.9 Å². The number of hydrogen-bond acceptors (Lipinski definition) is 4. The standard InChI is InChI=1S/C13H21N3O2/c1-3-10(2)16-6-4-11(15-16)8-12(17)13(14)5-7-18-9-13/h4,6,10H,3,5,7-9,14H2,1-2H3. The summed E-state index contributed by atoms with van der Waals surface area (Å²) in [5, 5.41) is 4.42. The van der Waals surface area contributed by atoms with Crippen molar-refractivity contribution in [1.29, 1.82) is 0 Å². The molecular weight excluding hydrogens is 230 g/mol. The van der Waals surface area contributed by atoms with Crippen LogP contribution in [-0.2, 0) is 16.0 Å². The largest absolute Gasteiger partial charge is 0.379 e. The first-order chi connectivity index (χ1) is 8.55. The Bertz CT molecular complexity index is 422. The first kappa shape index (κ1) is 13.2. The van der Waals surface area contributed by atoms with Crippen LogP contribution in [0.3, 0.4) is 0 Å². The molecule has 1 aromatic heterocycles. The third-order valence-electron chi connectivity index (χ3n) is 3.66. The van der Waals surface area contributed by atoms with Crippen molar-refractivity contribution in [3.8, 4) is 0 Å². The van der Waals surface area contributed by atoms with E-state index in [4.69, 9.17) is 10.5 Å². The van der Waals surface area contributed by atoms with Crippen LogP contribution in [0.2, 0.25) is 0 Å². The van der Waals surface area contributed by atoms with Crippen molar-refractivity contribution >= 4 is 5.78 Å². The van der Waals surface area contributed by atoms with Gasteiger partial charge in [-0.2, -0.15) is 5.10 Å². The molecule has 1 aromatic rings. The minimum Gasteiger partial charge on any atom is -0.379 e. The van der Waals surface area contributed by atoms with Crippen LogP contribution in [0.1, 0.15) is 38.4 Å². The molecule has 5 heteroatoms. The number of hydrogen-bond donors (Lipinski definition) is 1. The van der Waals surface area contributed by atoms with Gasteiger partial charge in [0.05, 0.1) is 18.7 Å². The van der Waals surface area contributed by atoms with Crippen molar-refractivity contribution in [2.75, 3.05) is 13.2 Å². The molecule has 18 heavy (non-hydrogen) atoms. The van der Waals surface area contributed by atoms with E-state index >= 15 is 0 Å². The molecule has 1 aliphatic heterocycles. The van der Waals surface area contributed by atoms with Crippen LogP contribution >= 0.6 is 0 Å². The lowest BCUT2D eigenvalue weighted by Crippen LogP contribution is -2.49. The Hall–Kier alpha value is -1.20. The maximum atomic E-state index is 12.1. The van der Waals surface area contributed by atoms with Gasteiger partial charge in [-0.3, -0.25) is 9.48 Å². The molecule has 0 bridgehead atoms. The normalized spacial score (nSPS) is 25.3. The van der Waals surface area contributed by atoms with Gasteiger partial charge in [-0.1, -0.05) is 6.92 Å². The minimum absolute atomic E-state index is 0.0226. The van der Waals surface area contributed by atoms with Gasteiger partial charge < -0.3 is 10.5 Å². The Kier molecular flexibility index (Phi) is 3.82.